The Hall–Kier alpha value is -0.670. The Morgan fingerprint density at radius 3 is 2.47 bits per heavy atom. The number of hydrogen-bond acceptors (Lipinski definition) is 2. The first kappa shape index (κ1) is 14.3. The van der Waals surface area contributed by atoms with Crippen molar-refractivity contribution in [3.05, 3.63) is 28.8 Å². The van der Waals surface area contributed by atoms with Gasteiger partial charge in [0, 0.05) is 14.0 Å². The number of aromatic nitrogens is 1. The lowest BCUT2D eigenvalue weighted by atomic mass is 10.3. The average molecular weight is 246 g/mol. The van der Waals surface area contributed by atoms with Gasteiger partial charge in [-0.1, -0.05) is 43.8 Å². The minimum Gasteiger partial charge on any atom is -0.335 e. The van der Waals surface area contributed by atoms with Gasteiger partial charge in [0.25, 0.3) is 0 Å². The van der Waals surface area contributed by atoms with Crippen molar-refractivity contribution in [3.8, 4) is 0 Å². The molecule has 0 aliphatic carbocycles. The number of Topliss-reactive ketones (excluding diaryl/α,β-unsaturated/α-hetero) is 1. The van der Waals surface area contributed by atoms with Crippen molar-refractivity contribution in [2.45, 2.75) is 25.8 Å². The van der Waals surface area contributed by atoms with Crippen molar-refractivity contribution in [1.82, 2.24) is 4.57 Å². The molecule has 0 saturated heterocycles. The topological polar surface area (TPSA) is 22.0 Å². The summed E-state index contributed by atoms with van der Waals surface area (Å²) in [5.41, 5.74) is 0.547. The zero-order valence-electron chi connectivity index (χ0n) is 9.50. The molecule has 1 aromatic rings. The van der Waals surface area contributed by atoms with Crippen molar-refractivity contribution in [2.24, 2.45) is 7.05 Å². The zero-order chi connectivity index (χ0) is 12.0. The molecular formula is C11H16ClNOS. The molecule has 0 aliphatic heterocycles. The van der Waals surface area contributed by atoms with Crippen LogP contribution >= 0.6 is 23.4 Å². The highest BCUT2D eigenvalue weighted by Gasteiger charge is 2.13. The zero-order valence-corrected chi connectivity index (χ0v) is 11.1. The van der Waals surface area contributed by atoms with Crippen molar-refractivity contribution in [3.63, 3.8) is 0 Å². The highest BCUT2D eigenvalue weighted by Crippen LogP contribution is 2.28. The molecule has 1 rings (SSSR count). The molecule has 0 amide bonds. The molecule has 0 radical (unpaired) electrons. The predicted molar refractivity (Wildman–Crippen MR) is 67.8 cm³/mol. The molecule has 0 fully saturated rings. The summed E-state index contributed by atoms with van der Waals surface area (Å²) in [4.78, 5) is 11.2. The second-order valence-electron chi connectivity index (χ2n) is 2.58. The molecule has 0 atom stereocenters. The van der Waals surface area contributed by atoms with Gasteiger partial charge < -0.3 is 4.57 Å². The molecule has 0 aromatic carbocycles. The molecule has 1 heterocycles. The van der Waals surface area contributed by atoms with Gasteiger partial charge in [0.2, 0.25) is 0 Å². The summed E-state index contributed by atoms with van der Waals surface area (Å²) in [7, 11) is 1.81. The summed E-state index contributed by atoms with van der Waals surface area (Å²) in [5, 5.41) is 3.12. The fraction of sp³-hybridized carbons (Fsp3) is 0.364. The van der Waals surface area contributed by atoms with Crippen LogP contribution in [-0.4, -0.2) is 10.4 Å². The number of thioether (sulfide) groups is 1. The molecule has 0 spiro atoms. The first-order chi connectivity index (χ1) is 7.07. The summed E-state index contributed by atoms with van der Waals surface area (Å²) in [6, 6.07) is 1.77. The summed E-state index contributed by atoms with van der Waals surface area (Å²) < 4.78 is 1.77. The molecule has 2 nitrogen and oxygen atoms in total. The van der Waals surface area contributed by atoms with Gasteiger partial charge in [-0.2, -0.15) is 0 Å². The highest BCUT2D eigenvalue weighted by atomic mass is 35.5. The molecule has 15 heavy (non-hydrogen) atoms. The largest absolute Gasteiger partial charge is 0.335 e. The van der Waals surface area contributed by atoms with Crippen LogP contribution in [0, 0.1) is 0 Å². The van der Waals surface area contributed by atoms with E-state index in [1.54, 1.807) is 16.0 Å². The van der Waals surface area contributed by atoms with Crippen LogP contribution in [0.2, 0.25) is 5.02 Å². The summed E-state index contributed by atoms with van der Waals surface area (Å²) >= 11 is 7.34. The van der Waals surface area contributed by atoms with Crippen LogP contribution in [0.15, 0.2) is 23.1 Å². The maximum absolute atomic E-state index is 11.2. The van der Waals surface area contributed by atoms with E-state index >= 15 is 0 Å². The Balaban J connectivity index is 0.000000921. The maximum atomic E-state index is 11.2. The van der Waals surface area contributed by atoms with Gasteiger partial charge in [0.05, 0.1) is 10.0 Å². The molecule has 0 N–H and O–H groups in total. The van der Waals surface area contributed by atoms with Gasteiger partial charge in [0.1, 0.15) is 5.69 Å². The first-order valence-electron chi connectivity index (χ1n) is 4.71. The normalized spacial score (nSPS) is 9.13. The highest BCUT2D eigenvalue weighted by molar-refractivity contribution is 8.02. The van der Waals surface area contributed by atoms with E-state index in [-0.39, 0.29) is 5.78 Å². The third-order valence-electron chi connectivity index (χ3n) is 1.68. The van der Waals surface area contributed by atoms with E-state index in [0.717, 1.165) is 5.03 Å². The lowest BCUT2D eigenvalue weighted by Gasteiger charge is -2.02. The summed E-state index contributed by atoms with van der Waals surface area (Å²) in [6.45, 7) is 9.11. The van der Waals surface area contributed by atoms with Gasteiger partial charge in [-0.05, 0) is 11.5 Å². The molecule has 0 unspecified atom stereocenters. The number of rotatable bonds is 3. The maximum Gasteiger partial charge on any atom is 0.177 e. The van der Waals surface area contributed by atoms with Gasteiger partial charge in [-0.3, -0.25) is 4.79 Å². The van der Waals surface area contributed by atoms with Crippen molar-refractivity contribution >= 4 is 29.1 Å². The van der Waals surface area contributed by atoms with Crippen LogP contribution in [0.3, 0.4) is 0 Å². The summed E-state index contributed by atoms with van der Waals surface area (Å²) in [6.07, 6.45) is 0. The van der Waals surface area contributed by atoms with Crippen LogP contribution in [0.25, 0.3) is 0 Å². The summed E-state index contributed by atoms with van der Waals surface area (Å²) in [5.74, 6) is -0.0246. The molecule has 4 heteroatoms. The van der Waals surface area contributed by atoms with Crippen molar-refractivity contribution in [2.75, 3.05) is 0 Å². The minimum absolute atomic E-state index is 0.0246. The van der Waals surface area contributed by atoms with E-state index in [1.165, 1.54) is 18.7 Å². The molecule has 0 bridgehead atoms. The Morgan fingerprint density at radius 1 is 1.60 bits per heavy atom. The Bertz CT molecular complexity index is 358. The molecular weight excluding hydrogens is 230 g/mol. The van der Waals surface area contributed by atoms with Gasteiger partial charge in [0.15, 0.2) is 5.78 Å². The molecule has 84 valence electrons. The van der Waals surface area contributed by atoms with Gasteiger partial charge in [-0.15, -0.1) is 0 Å². The van der Waals surface area contributed by atoms with Crippen LogP contribution in [-0.2, 0) is 7.05 Å². The Morgan fingerprint density at radius 2 is 2.13 bits per heavy atom. The van der Waals surface area contributed by atoms with E-state index in [1.807, 2.05) is 20.9 Å². The Labute approximate surface area is 100 Å². The average Bonchev–Trinajstić information content (AvgIpc) is 2.46. The number of carbonyl (C=O) groups excluding carboxylic acids is 1. The standard InChI is InChI=1S/C9H10ClNOS.C2H6/c1-4-13-8-5-7(10)9(6(2)12)11(8)3;1-2/h4-5H,1H2,2-3H3;1-2H3. The van der Waals surface area contributed by atoms with E-state index in [0.29, 0.717) is 10.7 Å². The van der Waals surface area contributed by atoms with E-state index in [4.69, 9.17) is 11.6 Å². The third-order valence-corrected chi connectivity index (χ3v) is 2.77. The third kappa shape index (κ3) is 3.43. The van der Waals surface area contributed by atoms with Gasteiger partial charge >= 0.3 is 0 Å². The van der Waals surface area contributed by atoms with Crippen LogP contribution in [0.4, 0.5) is 0 Å². The minimum atomic E-state index is -0.0246. The number of nitrogens with zero attached hydrogens (tertiary/aromatic N) is 1. The second-order valence-corrected chi connectivity index (χ2v) is 3.97. The predicted octanol–water partition coefficient (Wildman–Crippen LogP) is 4.14. The number of hydrogen-bond donors (Lipinski definition) is 0. The number of ketones is 1. The molecule has 0 aliphatic rings. The molecule has 0 saturated carbocycles. The van der Waals surface area contributed by atoms with Crippen LogP contribution < -0.4 is 0 Å². The lowest BCUT2D eigenvalue weighted by Crippen LogP contribution is -2.02. The first-order valence-corrected chi connectivity index (χ1v) is 5.97. The lowest BCUT2D eigenvalue weighted by molar-refractivity contribution is 0.100. The van der Waals surface area contributed by atoms with Crippen LogP contribution in [0.5, 0.6) is 0 Å². The van der Waals surface area contributed by atoms with Crippen molar-refractivity contribution < 1.29 is 4.79 Å². The Kier molecular flexibility index (Phi) is 6.45. The SMILES string of the molecule is C=CSc1cc(Cl)c(C(C)=O)n1C.CC. The fourth-order valence-corrected chi connectivity index (χ4v) is 2.18. The number of halogens is 1. The van der Waals surface area contributed by atoms with Gasteiger partial charge in [-0.25, -0.2) is 0 Å². The van der Waals surface area contributed by atoms with Crippen molar-refractivity contribution in [1.29, 1.82) is 0 Å². The van der Waals surface area contributed by atoms with E-state index < -0.39 is 0 Å². The monoisotopic (exact) mass is 245 g/mol. The smallest absolute Gasteiger partial charge is 0.177 e. The second kappa shape index (κ2) is 6.75. The van der Waals surface area contributed by atoms with E-state index in [9.17, 15) is 4.79 Å². The molecule has 1 aromatic heterocycles. The fourth-order valence-electron chi connectivity index (χ4n) is 1.15. The number of carbonyl (C=O) groups is 1. The van der Waals surface area contributed by atoms with Crippen LogP contribution in [0.1, 0.15) is 31.3 Å². The quantitative estimate of drug-likeness (QED) is 0.590. The van der Waals surface area contributed by atoms with E-state index in [2.05, 4.69) is 6.58 Å².